The highest BCUT2D eigenvalue weighted by atomic mass is 32.1. The Morgan fingerprint density at radius 1 is 1.24 bits per heavy atom. The number of esters is 1. The van der Waals surface area contributed by atoms with Gasteiger partial charge >= 0.3 is 19.8 Å². The van der Waals surface area contributed by atoms with Crippen molar-refractivity contribution in [2.24, 2.45) is 0 Å². The number of ether oxygens (including phenoxy) is 2. The molecule has 1 aromatic carbocycles. The number of carbonyl (C=O) groups excluding carboxylic acids is 1. The molecular formula is C27H34FN3O9PS+. The molecular weight excluding hydrogens is 592 g/mol. The van der Waals surface area contributed by atoms with Crippen LogP contribution >= 0.6 is 19.4 Å². The number of hydrogen-bond donors (Lipinski definition) is 4. The minimum absolute atomic E-state index is 0.210. The first-order valence-electron chi connectivity index (χ1n) is 13.1. The number of benzene rings is 1. The number of thiophene rings is 1. The molecule has 228 valence electrons. The number of aromatic amines is 1. The van der Waals surface area contributed by atoms with Crippen LogP contribution in [-0.4, -0.2) is 62.1 Å². The smallest absolute Gasteiger partial charge is 0.462 e. The molecule has 6 atom stereocenters. The fraction of sp³-hybridized carbons (Fsp3) is 0.444. The van der Waals surface area contributed by atoms with E-state index in [0.717, 1.165) is 39.8 Å². The molecule has 4 rings (SSSR count). The van der Waals surface area contributed by atoms with E-state index < -0.39 is 68.2 Å². The lowest BCUT2D eigenvalue weighted by Crippen LogP contribution is -2.44. The summed E-state index contributed by atoms with van der Waals surface area (Å²) in [4.78, 5) is 50.8. The first-order valence-corrected chi connectivity index (χ1v) is 15.6. The number of aromatic nitrogens is 2. The number of rotatable bonds is 11. The topological polar surface area (TPSA) is 161 Å². The van der Waals surface area contributed by atoms with E-state index in [0.29, 0.717) is 0 Å². The van der Waals surface area contributed by atoms with E-state index in [1.54, 1.807) is 49.4 Å². The molecule has 0 spiro atoms. The number of nitrogens with zero attached hydrogens (tertiary/aromatic N) is 1. The van der Waals surface area contributed by atoms with Crippen LogP contribution in [0.25, 0.3) is 10.4 Å². The third-order valence-corrected chi connectivity index (χ3v) is 9.24. The van der Waals surface area contributed by atoms with Gasteiger partial charge in [0.1, 0.15) is 24.9 Å². The molecule has 1 aliphatic heterocycles. The highest BCUT2D eigenvalue weighted by Gasteiger charge is 2.57. The molecule has 0 radical (unpaired) electrons. The maximum absolute atomic E-state index is 15.6. The monoisotopic (exact) mass is 626 g/mol. The molecule has 2 aromatic heterocycles. The highest BCUT2D eigenvalue weighted by molar-refractivity contribution is 7.59. The summed E-state index contributed by atoms with van der Waals surface area (Å²) in [7, 11) is -4.14. The number of nitrogens with one attached hydrogen (secondary N) is 2. The Kier molecular flexibility index (Phi) is 9.68. The van der Waals surface area contributed by atoms with E-state index in [4.69, 9.17) is 18.5 Å². The highest BCUT2D eigenvalue weighted by Crippen LogP contribution is 2.54. The molecule has 1 fully saturated rings. The second-order valence-corrected chi connectivity index (χ2v) is 13.0. The van der Waals surface area contributed by atoms with Crippen molar-refractivity contribution in [2.45, 2.75) is 70.9 Å². The van der Waals surface area contributed by atoms with E-state index in [1.807, 2.05) is 23.4 Å². The van der Waals surface area contributed by atoms with Gasteiger partial charge in [0, 0.05) is 17.1 Å². The third-order valence-electron chi connectivity index (χ3n) is 6.50. The summed E-state index contributed by atoms with van der Waals surface area (Å²) < 4.78 is 38.8. The molecule has 0 aliphatic carbocycles. The summed E-state index contributed by atoms with van der Waals surface area (Å²) in [6.07, 6.45) is -4.15. The number of alkyl halides is 1. The van der Waals surface area contributed by atoms with Crippen LogP contribution in [-0.2, 0) is 18.8 Å². The number of aliphatic hydroxyl groups is 1. The fourth-order valence-corrected chi connectivity index (χ4v) is 6.80. The SMILES string of the molecule is Cc1ccsc1-c1ccc(O[P+](O)(N[C@@H](C)C(=O)OC(C)C)OC[C@H]2O[C@@H](n3ccc(=O)[nH]c3=O)[C@](C)(F)[C@@H]2O)cc1. The van der Waals surface area contributed by atoms with E-state index >= 15 is 4.39 Å². The van der Waals surface area contributed by atoms with Crippen LogP contribution in [0.3, 0.4) is 0 Å². The van der Waals surface area contributed by atoms with Crippen molar-refractivity contribution in [2.75, 3.05) is 6.61 Å². The van der Waals surface area contributed by atoms with Gasteiger partial charge in [-0.25, -0.2) is 9.18 Å². The Hall–Kier alpha value is -2.97. The molecule has 3 aromatic rings. The number of aliphatic hydroxyl groups excluding tert-OH is 1. The molecule has 12 nitrogen and oxygen atoms in total. The van der Waals surface area contributed by atoms with Crippen molar-refractivity contribution < 1.29 is 37.7 Å². The van der Waals surface area contributed by atoms with E-state index in [1.165, 1.54) is 6.92 Å². The summed E-state index contributed by atoms with van der Waals surface area (Å²) in [6.45, 7) is 7.24. The Morgan fingerprint density at radius 2 is 1.93 bits per heavy atom. The van der Waals surface area contributed by atoms with Gasteiger partial charge in [0.15, 0.2) is 17.6 Å². The molecule has 15 heteroatoms. The zero-order chi connectivity index (χ0) is 30.8. The van der Waals surface area contributed by atoms with Gasteiger partial charge in [-0.05, 0) is 81.5 Å². The van der Waals surface area contributed by atoms with Gasteiger partial charge in [0.25, 0.3) is 5.56 Å². The average Bonchev–Trinajstić information content (AvgIpc) is 3.43. The predicted octanol–water partition coefficient (Wildman–Crippen LogP) is 3.26. The van der Waals surface area contributed by atoms with Crippen LogP contribution in [0, 0.1) is 6.92 Å². The van der Waals surface area contributed by atoms with Crippen LogP contribution in [0.4, 0.5) is 4.39 Å². The molecule has 1 aliphatic rings. The largest absolute Gasteiger partial charge is 0.544 e. The van der Waals surface area contributed by atoms with Crippen LogP contribution in [0.1, 0.15) is 39.5 Å². The fourth-order valence-electron chi connectivity index (χ4n) is 4.34. The van der Waals surface area contributed by atoms with Gasteiger partial charge in [-0.15, -0.1) is 11.3 Å². The van der Waals surface area contributed by atoms with Crippen molar-refractivity contribution >= 4 is 25.4 Å². The summed E-state index contributed by atoms with van der Waals surface area (Å²) in [6, 6.07) is 8.80. The van der Waals surface area contributed by atoms with E-state index in [-0.39, 0.29) is 5.75 Å². The quantitative estimate of drug-likeness (QED) is 0.184. The summed E-state index contributed by atoms with van der Waals surface area (Å²) in [5, 5.41) is 15.3. The Balaban J connectivity index is 1.54. The summed E-state index contributed by atoms with van der Waals surface area (Å²) in [5.41, 5.74) is -2.05. The normalized spacial score (nSPS) is 24.4. The number of H-pyrrole nitrogens is 1. The molecule has 0 bridgehead atoms. The van der Waals surface area contributed by atoms with Crippen LogP contribution in [0.5, 0.6) is 5.75 Å². The Labute approximate surface area is 245 Å². The number of carbonyl (C=O) groups is 1. The molecule has 1 saturated heterocycles. The van der Waals surface area contributed by atoms with Gasteiger partial charge in [-0.1, -0.05) is 5.09 Å². The zero-order valence-corrected chi connectivity index (χ0v) is 25.4. The van der Waals surface area contributed by atoms with E-state index in [9.17, 15) is 24.4 Å². The van der Waals surface area contributed by atoms with Gasteiger partial charge in [-0.3, -0.25) is 23.7 Å². The van der Waals surface area contributed by atoms with Gasteiger partial charge < -0.3 is 14.6 Å². The zero-order valence-electron chi connectivity index (χ0n) is 23.6. The van der Waals surface area contributed by atoms with Crippen molar-refractivity contribution in [3.05, 3.63) is 74.4 Å². The van der Waals surface area contributed by atoms with Gasteiger partial charge in [-0.2, -0.15) is 9.42 Å². The van der Waals surface area contributed by atoms with Gasteiger partial charge in [0.05, 0.1) is 6.10 Å². The Bertz CT molecular complexity index is 1510. The maximum atomic E-state index is 15.6. The van der Waals surface area contributed by atoms with E-state index in [2.05, 4.69) is 5.09 Å². The minimum atomic E-state index is -4.14. The molecule has 0 saturated carbocycles. The number of hydrogen-bond acceptors (Lipinski definition) is 11. The van der Waals surface area contributed by atoms with Crippen molar-refractivity contribution in [3.8, 4) is 16.2 Å². The molecule has 1 unspecified atom stereocenters. The summed E-state index contributed by atoms with van der Waals surface area (Å²) >= 11 is 1.58. The molecule has 3 heterocycles. The van der Waals surface area contributed by atoms with Crippen LogP contribution < -0.4 is 20.9 Å². The predicted molar refractivity (Wildman–Crippen MR) is 155 cm³/mol. The molecule has 4 N–H and O–H groups in total. The van der Waals surface area contributed by atoms with Crippen molar-refractivity contribution in [1.29, 1.82) is 0 Å². The molecule has 42 heavy (non-hydrogen) atoms. The lowest BCUT2D eigenvalue weighted by molar-refractivity contribution is -0.149. The standard InChI is InChI=1S/C27H33FN3O9PS/c1-15(2)38-24(34)17(4)30-41(36,40-19-8-6-18(7-9-19)22-16(3)11-13-42-22)37-14-20-23(33)27(5,28)25(39-20)31-12-10-21(32)29-26(31)35/h6-13,15,17,20,23,25,30,33,36H,14H2,1-5H3/p+1/t17-,20+,23+,25+,27+,41?/m0/s1. The van der Waals surface area contributed by atoms with Crippen LogP contribution in [0.15, 0.2) is 57.6 Å². The van der Waals surface area contributed by atoms with Crippen molar-refractivity contribution in [1.82, 2.24) is 14.6 Å². The summed E-state index contributed by atoms with van der Waals surface area (Å²) in [5.74, 6) is -0.466. The van der Waals surface area contributed by atoms with Crippen molar-refractivity contribution in [3.63, 3.8) is 0 Å². The van der Waals surface area contributed by atoms with Gasteiger partial charge in [0.2, 0.25) is 0 Å². The average molecular weight is 627 g/mol. The minimum Gasteiger partial charge on any atom is -0.462 e. The molecule has 0 amide bonds. The lowest BCUT2D eigenvalue weighted by Gasteiger charge is -2.24. The second-order valence-electron chi connectivity index (χ2n) is 10.3. The number of halogens is 1. The first-order chi connectivity index (χ1) is 19.7. The number of aryl methyl sites for hydroxylation is 1. The maximum Gasteiger partial charge on any atom is 0.544 e. The second kappa shape index (κ2) is 12.7. The first kappa shape index (κ1) is 32.0. The Morgan fingerprint density at radius 3 is 2.52 bits per heavy atom. The van der Waals surface area contributed by atoms with Crippen LogP contribution in [0.2, 0.25) is 0 Å². The third kappa shape index (κ3) is 7.14. The lowest BCUT2D eigenvalue weighted by atomic mass is 9.98.